The predicted molar refractivity (Wildman–Crippen MR) is 115 cm³/mol. The molecule has 1 aromatic carbocycles. The van der Waals surface area contributed by atoms with Crippen LogP contribution in [-0.2, 0) is 4.79 Å². The van der Waals surface area contributed by atoms with E-state index >= 15 is 0 Å². The normalized spacial score (nSPS) is 24.3. The number of hydrogen-bond acceptors (Lipinski definition) is 5. The Bertz CT molecular complexity index is 760. The molecule has 3 rings (SSSR count). The van der Waals surface area contributed by atoms with Crippen molar-refractivity contribution in [2.75, 3.05) is 13.1 Å². The van der Waals surface area contributed by atoms with Crippen molar-refractivity contribution in [2.45, 2.75) is 50.7 Å². The molecular weight excluding hydrogens is 370 g/mol. The highest BCUT2D eigenvalue weighted by molar-refractivity contribution is 8.14. The number of thioether (sulfide) groups is 1. The molecule has 5 nitrogen and oxygen atoms in total. The first kappa shape index (κ1) is 20.6. The predicted octanol–water partition coefficient (Wildman–Crippen LogP) is 4.00. The molecule has 150 valence electrons. The van der Waals surface area contributed by atoms with Crippen LogP contribution >= 0.6 is 11.8 Å². The van der Waals surface area contributed by atoms with Crippen molar-refractivity contribution in [3.63, 3.8) is 0 Å². The minimum absolute atomic E-state index is 0.00661. The third kappa shape index (κ3) is 5.25. The van der Waals surface area contributed by atoms with E-state index in [1.54, 1.807) is 4.90 Å². The van der Waals surface area contributed by atoms with Crippen LogP contribution in [0.15, 0.2) is 47.2 Å². The molecule has 2 heterocycles. The molecule has 2 atom stereocenters. The molecule has 28 heavy (non-hydrogen) atoms. The van der Waals surface area contributed by atoms with Crippen LogP contribution in [0.3, 0.4) is 0 Å². The summed E-state index contributed by atoms with van der Waals surface area (Å²) in [5.41, 5.74) is 8.27. The van der Waals surface area contributed by atoms with Crippen molar-refractivity contribution in [1.82, 2.24) is 4.90 Å². The van der Waals surface area contributed by atoms with E-state index < -0.39 is 0 Å². The summed E-state index contributed by atoms with van der Waals surface area (Å²) in [6, 6.07) is 9.21. The zero-order valence-electron chi connectivity index (χ0n) is 16.5. The minimum atomic E-state index is -0.0639. The van der Waals surface area contributed by atoms with Crippen molar-refractivity contribution >= 4 is 28.5 Å². The molecule has 1 aromatic rings. The maximum atomic E-state index is 12.7. The zero-order valence-corrected chi connectivity index (χ0v) is 17.3. The number of likely N-dealkylation sites (tertiary alicyclic amines) is 1. The van der Waals surface area contributed by atoms with Crippen LogP contribution in [0.1, 0.15) is 55.8 Å². The molecule has 0 aliphatic carbocycles. The number of amides is 1. The van der Waals surface area contributed by atoms with Gasteiger partial charge in [0.1, 0.15) is 0 Å². The smallest absolute Gasteiger partial charge is 0.228 e. The van der Waals surface area contributed by atoms with Gasteiger partial charge in [-0.15, -0.1) is 0 Å². The van der Waals surface area contributed by atoms with E-state index in [0.29, 0.717) is 24.4 Å². The van der Waals surface area contributed by atoms with Crippen molar-refractivity contribution in [3.05, 3.63) is 47.8 Å². The molecule has 0 spiro atoms. The fourth-order valence-electron chi connectivity index (χ4n) is 3.73. The van der Waals surface area contributed by atoms with Gasteiger partial charge in [0.05, 0.1) is 11.4 Å². The number of carbonyl (C=O) groups is 2. The fourth-order valence-corrected chi connectivity index (χ4v) is 4.75. The molecule has 2 aliphatic heterocycles. The van der Waals surface area contributed by atoms with Gasteiger partial charge in [0.2, 0.25) is 11.0 Å². The highest BCUT2D eigenvalue weighted by Gasteiger charge is 2.35. The Kier molecular flexibility index (Phi) is 7.31. The third-order valence-electron chi connectivity index (χ3n) is 5.32. The second kappa shape index (κ2) is 9.92. The first-order valence-corrected chi connectivity index (χ1v) is 11.0. The van der Waals surface area contributed by atoms with E-state index in [9.17, 15) is 9.59 Å². The molecule has 1 fully saturated rings. The van der Waals surface area contributed by atoms with Gasteiger partial charge in [-0.1, -0.05) is 61.9 Å². The third-order valence-corrected chi connectivity index (χ3v) is 6.42. The average molecular weight is 400 g/mol. The number of aliphatic imine (C=N–C) groups is 1. The molecular formula is C22H29N3O2S. The van der Waals surface area contributed by atoms with Gasteiger partial charge in [-0.3, -0.25) is 14.6 Å². The van der Waals surface area contributed by atoms with E-state index in [1.165, 1.54) is 37.2 Å². The number of carbonyl (C=O) groups excluding carboxylic acids is 2. The largest absolute Gasteiger partial charge is 0.403 e. The number of hydrogen-bond donors (Lipinski definition) is 1. The van der Waals surface area contributed by atoms with Gasteiger partial charge in [0.25, 0.3) is 0 Å². The summed E-state index contributed by atoms with van der Waals surface area (Å²) in [7, 11) is 0. The Morgan fingerprint density at radius 1 is 1.25 bits per heavy atom. The molecule has 6 heteroatoms. The Morgan fingerprint density at radius 2 is 2.04 bits per heavy atom. The van der Waals surface area contributed by atoms with Crippen LogP contribution in [0.4, 0.5) is 0 Å². The standard InChI is InChI=1S/C22H29N3O2S/c1-16-8-4-2-7-11-19(24-14-16)20(13-23)25-15-18(12-21(25)26)28-22(27)17-9-5-3-6-10-17/h3,5-6,9-10,13,16,18H,2,4,7-8,11-12,14-15,23H2,1H3. The highest BCUT2D eigenvalue weighted by atomic mass is 32.2. The molecule has 2 unspecified atom stereocenters. The SMILES string of the molecule is CC1CCCCCC(C(=CN)N2CC(SC(=O)c3ccccc3)CC2=O)=NC1. The summed E-state index contributed by atoms with van der Waals surface area (Å²) in [6.07, 6.45) is 7.39. The van der Waals surface area contributed by atoms with E-state index in [1.807, 2.05) is 30.3 Å². The summed E-state index contributed by atoms with van der Waals surface area (Å²) in [6.45, 7) is 3.50. The number of nitrogens with zero attached hydrogens (tertiary/aromatic N) is 2. The lowest BCUT2D eigenvalue weighted by atomic mass is 10.0. The van der Waals surface area contributed by atoms with Gasteiger partial charge < -0.3 is 10.6 Å². The highest BCUT2D eigenvalue weighted by Crippen LogP contribution is 2.30. The Hall–Kier alpha value is -2.08. The fraction of sp³-hybridized carbons (Fsp3) is 0.500. The van der Waals surface area contributed by atoms with Crippen LogP contribution < -0.4 is 5.73 Å². The maximum Gasteiger partial charge on any atom is 0.228 e. The zero-order chi connectivity index (χ0) is 19.9. The minimum Gasteiger partial charge on any atom is -0.403 e. The van der Waals surface area contributed by atoms with Crippen molar-refractivity contribution < 1.29 is 9.59 Å². The van der Waals surface area contributed by atoms with E-state index in [-0.39, 0.29) is 16.3 Å². The van der Waals surface area contributed by atoms with Crippen LogP contribution in [-0.4, -0.2) is 40.0 Å². The molecule has 2 aliphatic rings. The van der Waals surface area contributed by atoms with E-state index in [2.05, 4.69) is 6.92 Å². The van der Waals surface area contributed by atoms with E-state index in [4.69, 9.17) is 10.7 Å². The van der Waals surface area contributed by atoms with E-state index in [0.717, 1.165) is 30.8 Å². The Labute approximate surface area is 171 Å². The van der Waals surface area contributed by atoms with Gasteiger partial charge in [-0.25, -0.2) is 0 Å². The summed E-state index contributed by atoms with van der Waals surface area (Å²) in [5.74, 6) is 0.568. The van der Waals surface area contributed by atoms with Gasteiger partial charge in [0.15, 0.2) is 0 Å². The van der Waals surface area contributed by atoms with Crippen LogP contribution in [0.25, 0.3) is 0 Å². The molecule has 1 amide bonds. The van der Waals surface area contributed by atoms with Gasteiger partial charge in [-0.05, 0) is 25.2 Å². The lowest BCUT2D eigenvalue weighted by molar-refractivity contribution is -0.125. The summed E-state index contributed by atoms with van der Waals surface area (Å²) in [5, 5.41) is -0.0573. The summed E-state index contributed by atoms with van der Waals surface area (Å²) in [4.78, 5) is 31.7. The molecule has 0 bridgehead atoms. The second-order valence-corrected chi connectivity index (χ2v) is 8.92. The monoisotopic (exact) mass is 399 g/mol. The molecule has 0 aromatic heterocycles. The van der Waals surface area contributed by atoms with Crippen molar-refractivity contribution in [2.24, 2.45) is 16.6 Å². The van der Waals surface area contributed by atoms with Crippen LogP contribution in [0.5, 0.6) is 0 Å². The lowest BCUT2D eigenvalue weighted by Gasteiger charge is -2.22. The average Bonchev–Trinajstić information content (AvgIpc) is 3.10. The maximum absolute atomic E-state index is 12.7. The summed E-state index contributed by atoms with van der Waals surface area (Å²) < 4.78 is 0. The number of rotatable bonds is 4. The first-order chi connectivity index (χ1) is 13.6. The number of allylic oxidation sites excluding steroid dienone is 1. The lowest BCUT2D eigenvalue weighted by Crippen LogP contribution is -2.30. The van der Waals surface area contributed by atoms with Gasteiger partial charge in [0, 0.05) is 36.5 Å². The van der Waals surface area contributed by atoms with Crippen molar-refractivity contribution in [1.29, 1.82) is 0 Å². The second-order valence-electron chi connectivity index (χ2n) is 7.65. The quantitative estimate of drug-likeness (QED) is 0.830. The molecule has 0 saturated carbocycles. The van der Waals surface area contributed by atoms with Gasteiger partial charge in [-0.2, -0.15) is 0 Å². The Morgan fingerprint density at radius 3 is 2.79 bits per heavy atom. The molecule has 2 N–H and O–H groups in total. The summed E-state index contributed by atoms with van der Waals surface area (Å²) >= 11 is 1.24. The van der Waals surface area contributed by atoms with Crippen LogP contribution in [0.2, 0.25) is 0 Å². The number of benzene rings is 1. The first-order valence-electron chi connectivity index (χ1n) is 10.1. The molecule has 0 radical (unpaired) electrons. The number of nitrogens with two attached hydrogens (primary N) is 1. The Balaban J connectivity index is 1.68. The van der Waals surface area contributed by atoms with Crippen molar-refractivity contribution in [3.8, 4) is 0 Å². The molecule has 1 saturated heterocycles. The van der Waals surface area contributed by atoms with Crippen LogP contribution in [0, 0.1) is 5.92 Å². The van der Waals surface area contributed by atoms with Gasteiger partial charge >= 0.3 is 0 Å². The topological polar surface area (TPSA) is 75.8 Å².